The van der Waals surface area contributed by atoms with E-state index in [4.69, 9.17) is 10.5 Å². The highest BCUT2D eigenvalue weighted by molar-refractivity contribution is 5.80. The van der Waals surface area contributed by atoms with Gasteiger partial charge in [0.15, 0.2) is 6.10 Å². The smallest absolute Gasteiger partial charge is 0.260 e. The number of amides is 1. The molecule has 0 aromatic heterocycles. The zero-order valence-electron chi connectivity index (χ0n) is 13.6. The fourth-order valence-electron chi connectivity index (χ4n) is 1.97. The number of rotatable bonds is 8. The van der Waals surface area contributed by atoms with E-state index in [0.29, 0.717) is 19.0 Å². The molecule has 4 nitrogen and oxygen atoms in total. The number of nitrogens with two attached hydrogens (primary N) is 1. The Morgan fingerprint density at radius 2 is 2.00 bits per heavy atom. The third-order valence-electron chi connectivity index (χ3n) is 3.48. The van der Waals surface area contributed by atoms with E-state index in [0.717, 1.165) is 24.2 Å². The van der Waals surface area contributed by atoms with Crippen molar-refractivity contribution in [2.24, 2.45) is 5.73 Å². The minimum absolute atomic E-state index is 0.0821. The molecule has 0 saturated carbocycles. The van der Waals surface area contributed by atoms with Crippen molar-refractivity contribution in [3.8, 4) is 5.75 Å². The first-order chi connectivity index (χ1) is 9.95. The monoisotopic (exact) mass is 292 g/mol. The van der Waals surface area contributed by atoms with Gasteiger partial charge in [-0.05, 0) is 56.3 Å². The van der Waals surface area contributed by atoms with E-state index in [9.17, 15) is 4.79 Å². The van der Waals surface area contributed by atoms with Gasteiger partial charge in [-0.2, -0.15) is 0 Å². The number of carbonyl (C=O) groups is 1. The summed E-state index contributed by atoms with van der Waals surface area (Å²) in [6.07, 6.45) is 1.33. The predicted molar refractivity (Wildman–Crippen MR) is 86.7 cm³/mol. The number of nitrogens with one attached hydrogen (secondary N) is 1. The molecule has 1 unspecified atom stereocenters. The van der Waals surface area contributed by atoms with Gasteiger partial charge >= 0.3 is 0 Å². The fraction of sp³-hybridized carbons (Fsp3) is 0.588. The van der Waals surface area contributed by atoms with Gasteiger partial charge in [0.25, 0.3) is 5.91 Å². The van der Waals surface area contributed by atoms with Gasteiger partial charge in [0.2, 0.25) is 0 Å². The molecule has 0 aliphatic heterocycles. The van der Waals surface area contributed by atoms with Crippen LogP contribution in [0.1, 0.15) is 50.7 Å². The minimum atomic E-state index is -0.496. The highest BCUT2D eigenvalue weighted by Crippen LogP contribution is 2.25. The van der Waals surface area contributed by atoms with Crippen molar-refractivity contribution in [3.05, 3.63) is 29.3 Å². The molecule has 4 heteroatoms. The van der Waals surface area contributed by atoms with E-state index in [1.165, 1.54) is 5.56 Å². The molecule has 0 radical (unpaired) electrons. The lowest BCUT2D eigenvalue weighted by atomic mass is 10.0. The molecule has 1 aromatic carbocycles. The van der Waals surface area contributed by atoms with Crippen LogP contribution in [-0.4, -0.2) is 25.1 Å². The van der Waals surface area contributed by atoms with Gasteiger partial charge in [-0.25, -0.2) is 0 Å². The van der Waals surface area contributed by atoms with Crippen LogP contribution in [0.2, 0.25) is 0 Å². The van der Waals surface area contributed by atoms with Crippen LogP contribution in [0.25, 0.3) is 0 Å². The van der Waals surface area contributed by atoms with Crippen molar-refractivity contribution in [2.45, 2.75) is 52.6 Å². The topological polar surface area (TPSA) is 64.3 Å². The number of aryl methyl sites for hydroxylation is 1. The minimum Gasteiger partial charge on any atom is -0.481 e. The molecule has 0 spiro atoms. The van der Waals surface area contributed by atoms with Crippen LogP contribution in [0.15, 0.2) is 18.2 Å². The molecule has 0 aliphatic rings. The number of hydrogen-bond acceptors (Lipinski definition) is 3. The number of benzene rings is 1. The third kappa shape index (κ3) is 5.76. The molecule has 1 amide bonds. The van der Waals surface area contributed by atoms with Crippen LogP contribution in [0.3, 0.4) is 0 Å². The first-order valence-corrected chi connectivity index (χ1v) is 7.70. The SMILES string of the molecule is Cc1ccc(C(C)C)cc1OC(C)C(=O)NCCCCN. The van der Waals surface area contributed by atoms with Crippen molar-refractivity contribution >= 4 is 5.91 Å². The lowest BCUT2D eigenvalue weighted by Crippen LogP contribution is -2.37. The average molecular weight is 292 g/mol. The van der Waals surface area contributed by atoms with Gasteiger partial charge in [0, 0.05) is 6.54 Å². The van der Waals surface area contributed by atoms with Crippen LogP contribution in [-0.2, 0) is 4.79 Å². The van der Waals surface area contributed by atoms with Crippen LogP contribution in [0.5, 0.6) is 5.75 Å². The van der Waals surface area contributed by atoms with Crippen molar-refractivity contribution in [3.63, 3.8) is 0 Å². The van der Waals surface area contributed by atoms with Crippen LogP contribution in [0.4, 0.5) is 0 Å². The molecule has 1 aromatic rings. The zero-order chi connectivity index (χ0) is 15.8. The molecule has 21 heavy (non-hydrogen) atoms. The summed E-state index contributed by atoms with van der Waals surface area (Å²) in [5.41, 5.74) is 7.68. The number of unbranched alkanes of at least 4 members (excludes halogenated alkanes) is 1. The first-order valence-electron chi connectivity index (χ1n) is 7.70. The van der Waals surface area contributed by atoms with Gasteiger partial charge in [0.1, 0.15) is 5.75 Å². The Kier molecular flexibility index (Phi) is 7.23. The first kappa shape index (κ1) is 17.5. The van der Waals surface area contributed by atoms with Crippen molar-refractivity contribution < 1.29 is 9.53 Å². The molecule has 118 valence electrons. The maximum absolute atomic E-state index is 12.0. The Morgan fingerprint density at radius 1 is 1.29 bits per heavy atom. The highest BCUT2D eigenvalue weighted by Gasteiger charge is 2.15. The van der Waals surface area contributed by atoms with Gasteiger partial charge in [-0.15, -0.1) is 0 Å². The second kappa shape index (κ2) is 8.67. The maximum Gasteiger partial charge on any atom is 0.260 e. The normalized spacial score (nSPS) is 12.3. The van der Waals surface area contributed by atoms with Gasteiger partial charge < -0.3 is 15.8 Å². The summed E-state index contributed by atoms with van der Waals surface area (Å²) in [5.74, 6) is 1.14. The molecule has 3 N–H and O–H groups in total. The lowest BCUT2D eigenvalue weighted by molar-refractivity contribution is -0.127. The van der Waals surface area contributed by atoms with E-state index in [2.05, 4.69) is 25.2 Å². The highest BCUT2D eigenvalue weighted by atomic mass is 16.5. The Bertz CT molecular complexity index is 458. The van der Waals surface area contributed by atoms with Gasteiger partial charge in [0.05, 0.1) is 0 Å². The lowest BCUT2D eigenvalue weighted by Gasteiger charge is -2.18. The largest absolute Gasteiger partial charge is 0.481 e. The Hall–Kier alpha value is -1.55. The summed E-state index contributed by atoms with van der Waals surface area (Å²) in [6, 6.07) is 6.17. The second-order valence-electron chi connectivity index (χ2n) is 5.73. The van der Waals surface area contributed by atoms with Crippen molar-refractivity contribution in [2.75, 3.05) is 13.1 Å². The second-order valence-corrected chi connectivity index (χ2v) is 5.73. The summed E-state index contributed by atoms with van der Waals surface area (Å²) in [7, 11) is 0. The third-order valence-corrected chi connectivity index (χ3v) is 3.48. The average Bonchev–Trinajstić information content (AvgIpc) is 2.45. The Labute approximate surface area is 128 Å². The molecule has 0 aliphatic carbocycles. The molecule has 0 saturated heterocycles. The fourth-order valence-corrected chi connectivity index (χ4v) is 1.97. The van der Waals surface area contributed by atoms with Crippen molar-refractivity contribution in [1.82, 2.24) is 5.32 Å². The molecular weight excluding hydrogens is 264 g/mol. The van der Waals surface area contributed by atoms with Crippen LogP contribution >= 0.6 is 0 Å². The van der Waals surface area contributed by atoms with E-state index in [-0.39, 0.29) is 5.91 Å². The summed E-state index contributed by atoms with van der Waals surface area (Å²) < 4.78 is 5.82. The zero-order valence-corrected chi connectivity index (χ0v) is 13.6. The van der Waals surface area contributed by atoms with E-state index >= 15 is 0 Å². The van der Waals surface area contributed by atoms with Crippen LogP contribution in [0, 0.1) is 6.92 Å². The predicted octanol–water partition coefficient (Wildman–Crippen LogP) is 2.74. The quantitative estimate of drug-likeness (QED) is 0.724. The van der Waals surface area contributed by atoms with E-state index in [1.807, 2.05) is 19.1 Å². The Morgan fingerprint density at radius 3 is 2.62 bits per heavy atom. The molecule has 0 fully saturated rings. The van der Waals surface area contributed by atoms with Crippen LogP contribution < -0.4 is 15.8 Å². The number of carbonyl (C=O) groups excluding carboxylic acids is 1. The van der Waals surface area contributed by atoms with Gasteiger partial charge in [-0.3, -0.25) is 4.79 Å². The number of hydrogen-bond donors (Lipinski definition) is 2. The Balaban J connectivity index is 2.59. The summed E-state index contributed by atoms with van der Waals surface area (Å²) in [4.78, 5) is 12.0. The standard InChI is InChI=1S/C17H28N2O2/c1-12(2)15-8-7-13(3)16(11-15)21-14(4)17(20)19-10-6-5-9-18/h7-8,11-12,14H,5-6,9-10,18H2,1-4H3,(H,19,20). The maximum atomic E-state index is 12.0. The number of ether oxygens (including phenoxy) is 1. The molecule has 1 atom stereocenters. The molecule has 0 bridgehead atoms. The molecule has 1 rings (SSSR count). The summed E-state index contributed by atoms with van der Waals surface area (Å²) in [6.45, 7) is 9.35. The summed E-state index contributed by atoms with van der Waals surface area (Å²) >= 11 is 0. The van der Waals surface area contributed by atoms with E-state index in [1.54, 1.807) is 6.92 Å². The summed E-state index contributed by atoms with van der Waals surface area (Å²) in [5, 5.41) is 2.87. The van der Waals surface area contributed by atoms with Gasteiger partial charge in [-0.1, -0.05) is 26.0 Å². The van der Waals surface area contributed by atoms with E-state index < -0.39 is 6.10 Å². The molecule has 0 heterocycles. The van der Waals surface area contributed by atoms with Crippen molar-refractivity contribution in [1.29, 1.82) is 0 Å². The molecular formula is C17H28N2O2.